The maximum atomic E-state index is 11.9. The summed E-state index contributed by atoms with van der Waals surface area (Å²) < 4.78 is 0.908. The maximum Gasteiger partial charge on any atom is 0.320 e. The molecule has 0 unspecified atom stereocenters. The van der Waals surface area contributed by atoms with E-state index >= 15 is 0 Å². The molecule has 0 saturated heterocycles. The molecule has 1 atom stereocenters. The Hall–Kier alpha value is -1.95. The first-order valence-electron chi connectivity index (χ1n) is 6.18. The summed E-state index contributed by atoms with van der Waals surface area (Å²) in [6, 6.07) is 8.70. The minimum absolute atomic E-state index is 0.173. The molecular formula is C14H15BrN4O. The summed E-state index contributed by atoms with van der Waals surface area (Å²) in [5, 5.41) is 5.52. The van der Waals surface area contributed by atoms with Gasteiger partial charge in [-0.1, -0.05) is 6.07 Å². The third-order valence-electron chi connectivity index (χ3n) is 2.74. The number of nitrogens with zero attached hydrogens (tertiary/aromatic N) is 2. The summed E-state index contributed by atoms with van der Waals surface area (Å²) >= 11 is 3.37. The Morgan fingerprint density at radius 3 is 2.75 bits per heavy atom. The molecule has 0 aliphatic carbocycles. The van der Waals surface area contributed by atoms with Crippen molar-refractivity contribution in [3.05, 3.63) is 52.4 Å². The second-order valence-electron chi connectivity index (χ2n) is 4.34. The molecular weight excluding hydrogens is 320 g/mol. The number of rotatable bonds is 3. The van der Waals surface area contributed by atoms with E-state index in [1.165, 1.54) is 0 Å². The van der Waals surface area contributed by atoms with Crippen LogP contribution in [0, 0.1) is 6.92 Å². The third kappa shape index (κ3) is 3.77. The van der Waals surface area contributed by atoms with Gasteiger partial charge in [-0.3, -0.25) is 10.3 Å². The standard InChI is InChI=1S/C14H15BrN4O/c1-9-11(15)6-7-13(17-9)19-14(20)18-10(2)12-5-3-4-8-16-12/h3-8,10H,1-2H3,(H2,17,18,19,20)/t10-/m1/s1. The minimum Gasteiger partial charge on any atom is -0.330 e. The van der Waals surface area contributed by atoms with Crippen molar-refractivity contribution in [1.82, 2.24) is 15.3 Å². The molecule has 5 nitrogen and oxygen atoms in total. The molecule has 104 valence electrons. The predicted molar refractivity (Wildman–Crippen MR) is 81.5 cm³/mol. The van der Waals surface area contributed by atoms with Crippen LogP contribution in [-0.4, -0.2) is 16.0 Å². The SMILES string of the molecule is Cc1nc(NC(=O)N[C@H](C)c2ccccn2)ccc1Br. The number of nitrogens with one attached hydrogen (secondary N) is 2. The third-order valence-corrected chi connectivity index (χ3v) is 3.58. The van der Waals surface area contributed by atoms with E-state index in [2.05, 4.69) is 36.5 Å². The van der Waals surface area contributed by atoms with E-state index in [0.717, 1.165) is 15.9 Å². The molecule has 0 aliphatic rings. The van der Waals surface area contributed by atoms with Gasteiger partial charge in [-0.2, -0.15) is 0 Å². The first kappa shape index (κ1) is 14.5. The number of aromatic nitrogens is 2. The molecule has 0 radical (unpaired) electrons. The number of carbonyl (C=O) groups excluding carboxylic acids is 1. The van der Waals surface area contributed by atoms with Gasteiger partial charge < -0.3 is 5.32 Å². The van der Waals surface area contributed by atoms with Crippen LogP contribution in [0.25, 0.3) is 0 Å². The number of aryl methyl sites for hydroxylation is 1. The number of pyridine rings is 2. The van der Waals surface area contributed by atoms with E-state index in [0.29, 0.717) is 5.82 Å². The number of halogens is 1. The molecule has 0 fully saturated rings. The molecule has 2 heterocycles. The summed E-state index contributed by atoms with van der Waals surface area (Å²) in [5.41, 5.74) is 1.63. The van der Waals surface area contributed by atoms with Crippen molar-refractivity contribution in [2.45, 2.75) is 19.9 Å². The Morgan fingerprint density at radius 2 is 2.10 bits per heavy atom. The lowest BCUT2D eigenvalue weighted by atomic mass is 10.2. The van der Waals surface area contributed by atoms with Crippen molar-refractivity contribution in [1.29, 1.82) is 0 Å². The van der Waals surface area contributed by atoms with Crippen molar-refractivity contribution in [3.8, 4) is 0 Å². The summed E-state index contributed by atoms with van der Waals surface area (Å²) in [6.07, 6.45) is 1.70. The summed E-state index contributed by atoms with van der Waals surface area (Å²) in [7, 11) is 0. The summed E-state index contributed by atoms with van der Waals surface area (Å²) in [6.45, 7) is 3.74. The zero-order valence-electron chi connectivity index (χ0n) is 11.2. The lowest BCUT2D eigenvalue weighted by Crippen LogP contribution is -2.31. The quantitative estimate of drug-likeness (QED) is 0.903. The van der Waals surface area contributed by atoms with Gasteiger partial charge in [0.05, 0.1) is 17.4 Å². The Bertz CT molecular complexity index is 603. The number of hydrogen-bond donors (Lipinski definition) is 2. The average Bonchev–Trinajstić information content (AvgIpc) is 2.44. The van der Waals surface area contributed by atoms with Crippen LogP contribution in [0.2, 0.25) is 0 Å². The van der Waals surface area contributed by atoms with Crippen molar-refractivity contribution in [3.63, 3.8) is 0 Å². The van der Waals surface area contributed by atoms with Gasteiger partial charge in [-0.15, -0.1) is 0 Å². The number of carbonyl (C=O) groups is 1. The topological polar surface area (TPSA) is 66.9 Å². The molecule has 2 rings (SSSR count). The predicted octanol–water partition coefficient (Wildman–Crippen LogP) is 3.43. The molecule has 2 aromatic rings. The second kappa shape index (κ2) is 6.47. The van der Waals surface area contributed by atoms with Crippen LogP contribution in [0.3, 0.4) is 0 Å². The van der Waals surface area contributed by atoms with Gasteiger partial charge >= 0.3 is 6.03 Å². The highest BCUT2D eigenvalue weighted by molar-refractivity contribution is 9.10. The highest BCUT2D eigenvalue weighted by atomic mass is 79.9. The highest BCUT2D eigenvalue weighted by Gasteiger charge is 2.11. The smallest absolute Gasteiger partial charge is 0.320 e. The Kier molecular flexibility index (Phi) is 4.68. The van der Waals surface area contributed by atoms with Gasteiger partial charge in [-0.05, 0) is 54.0 Å². The molecule has 0 aromatic carbocycles. The second-order valence-corrected chi connectivity index (χ2v) is 5.19. The van der Waals surface area contributed by atoms with Crippen molar-refractivity contribution in [2.24, 2.45) is 0 Å². The number of hydrogen-bond acceptors (Lipinski definition) is 3. The van der Waals surface area contributed by atoms with Crippen LogP contribution in [-0.2, 0) is 0 Å². The average molecular weight is 335 g/mol. The van der Waals surface area contributed by atoms with Crippen LogP contribution in [0.15, 0.2) is 41.0 Å². The summed E-state index contributed by atoms with van der Waals surface area (Å²) in [4.78, 5) is 20.3. The van der Waals surface area contributed by atoms with Gasteiger partial charge in [0, 0.05) is 10.7 Å². The van der Waals surface area contributed by atoms with E-state index in [1.807, 2.05) is 38.1 Å². The van der Waals surface area contributed by atoms with Crippen molar-refractivity contribution < 1.29 is 4.79 Å². The van der Waals surface area contributed by atoms with E-state index in [9.17, 15) is 4.79 Å². The zero-order chi connectivity index (χ0) is 14.5. The summed E-state index contributed by atoms with van der Waals surface area (Å²) in [5.74, 6) is 0.511. The lowest BCUT2D eigenvalue weighted by molar-refractivity contribution is 0.249. The molecule has 2 N–H and O–H groups in total. The van der Waals surface area contributed by atoms with E-state index < -0.39 is 0 Å². The largest absolute Gasteiger partial charge is 0.330 e. The lowest BCUT2D eigenvalue weighted by Gasteiger charge is -2.14. The number of urea groups is 1. The molecule has 20 heavy (non-hydrogen) atoms. The van der Waals surface area contributed by atoms with Gasteiger partial charge in [0.2, 0.25) is 0 Å². The fraction of sp³-hybridized carbons (Fsp3) is 0.214. The van der Waals surface area contributed by atoms with Crippen LogP contribution < -0.4 is 10.6 Å². The van der Waals surface area contributed by atoms with Gasteiger partial charge in [0.15, 0.2) is 0 Å². The molecule has 0 bridgehead atoms. The molecule has 0 spiro atoms. The fourth-order valence-electron chi connectivity index (χ4n) is 1.67. The Morgan fingerprint density at radius 1 is 1.30 bits per heavy atom. The van der Waals surface area contributed by atoms with Crippen molar-refractivity contribution >= 4 is 27.8 Å². The monoisotopic (exact) mass is 334 g/mol. The highest BCUT2D eigenvalue weighted by Crippen LogP contribution is 2.16. The van der Waals surface area contributed by atoms with Crippen LogP contribution in [0.5, 0.6) is 0 Å². The first-order valence-corrected chi connectivity index (χ1v) is 6.97. The molecule has 6 heteroatoms. The zero-order valence-corrected chi connectivity index (χ0v) is 12.8. The Balaban J connectivity index is 1.97. The van der Waals surface area contributed by atoms with Crippen molar-refractivity contribution in [2.75, 3.05) is 5.32 Å². The number of anilines is 1. The molecule has 2 aromatic heterocycles. The maximum absolute atomic E-state index is 11.9. The van der Waals surface area contributed by atoms with Crippen LogP contribution in [0.4, 0.5) is 10.6 Å². The Labute approximate surface area is 126 Å². The van der Waals surface area contributed by atoms with E-state index in [4.69, 9.17) is 0 Å². The fourth-order valence-corrected chi connectivity index (χ4v) is 1.89. The van der Waals surface area contributed by atoms with Gasteiger partial charge in [-0.25, -0.2) is 9.78 Å². The molecule has 0 aliphatic heterocycles. The van der Waals surface area contributed by atoms with Gasteiger partial charge in [0.1, 0.15) is 5.82 Å². The normalized spacial score (nSPS) is 11.8. The van der Waals surface area contributed by atoms with Crippen LogP contribution >= 0.6 is 15.9 Å². The van der Waals surface area contributed by atoms with Gasteiger partial charge in [0.25, 0.3) is 0 Å². The molecule has 0 saturated carbocycles. The molecule has 2 amide bonds. The van der Waals surface area contributed by atoms with Crippen LogP contribution in [0.1, 0.15) is 24.4 Å². The minimum atomic E-state index is -0.308. The van der Waals surface area contributed by atoms with E-state index in [-0.39, 0.29) is 12.1 Å². The number of amides is 2. The first-order chi connectivity index (χ1) is 9.56. The van der Waals surface area contributed by atoms with E-state index in [1.54, 1.807) is 12.3 Å².